The normalized spacial score (nSPS) is 12.1. The van der Waals surface area contributed by atoms with Gasteiger partial charge < -0.3 is 14.2 Å². The topological polar surface area (TPSA) is 81.0 Å². The predicted molar refractivity (Wildman–Crippen MR) is 80.8 cm³/mol. The van der Waals surface area contributed by atoms with Gasteiger partial charge in [0, 0.05) is 22.8 Å². The van der Waals surface area contributed by atoms with Crippen LogP contribution in [0.5, 0.6) is 5.75 Å². The molecule has 0 saturated heterocycles. The summed E-state index contributed by atoms with van der Waals surface area (Å²) < 4.78 is 10.9. The van der Waals surface area contributed by atoms with Gasteiger partial charge in [0.25, 0.3) is 5.89 Å². The fourth-order valence-electron chi connectivity index (χ4n) is 1.86. The number of aromatic amines is 1. The standard InChI is InChI=1S/C15H12ClN3O3/c1-9(21-12-4-2-3-11(16)7-12)15-18-14(19-22-15)10-5-6-13(20)17-8-10/h2-9H,1H3,(H,17,20)/t9-/m1/s1. The molecule has 2 aromatic heterocycles. The van der Waals surface area contributed by atoms with Crippen LogP contribution in [0.1, 0.15) is 18.9 Å². The van der Waals surface area contributed by atoms with Crippen LogP contribution >= 0.6 is 11.6 Å². The van der Waals surface area contributed by atoms with E-state index < -0.39 is 6.10 Å². The number of benzene rings is 1. The predicted octanol–water partition coefficient (Wildman–Crippen LogP) is 3.22. The number of H-pyrrole nitrogens is 1. The van der Waals surface area contributed by atoms with Gasteiger partial charge in [-0.2, -0.15) is 4.98 Å². The second kappa shape index (κ2) is 6.03. The molecule has 0 amide bonds. The van der Waals surface area contributed by atoms with E-state index >= 15 is 0 Å². The first-order valence-corrected chi connectivity index (χ1v) is 6.94. The Hall–Kier alpha value is -2.60. The molecule has 1 N–H and O–H groups in total. The van der Waals surface area contributed by atoms with Crippen LogP contribution in [-0.4, -0.2) is 15.1 Å². The zero-order valence-corrected chi connectivity index (χ0v) is 12.4. The molecular formula is C15H12ClN3O3. The smallest absolute Gasteiger partial charge is 0.267 e. The fraction of sp³-hybridized carbons (Fsp3) is 0.133. The Morgan fingerprint density at radius 3 is 2.91 bits per heavy atom. The highest BCUT2D eigenvalue weighted by molar-refractivity contribution is 6.30. The minimum absolute atomic E-state index is 0.190. The van der Waals surface area contributed by atoms with Crippen LogP contribution in [0.3, 0.4) is 0 Å². The number of nitrogens with one attached hydrogen (secondary N) is 1. The minimum Gasteiger partial charge on any atom is -0.481 e. The first-order valence-electron chi connectivity index (χ1n) is 6.57. The SMILES string of the molecule is C[C@@H](Oc1cccc(Cl)c1)c1nc(-c2ccc(=O)[nH]c2)no1. The molecular weight excluding hydrogens is 306 g/mol. The highest BCUT2D eigenvalue weighted by Crippen LogP contribution is 2.24. The third-order valence-corrected chi connectivity index (χ3v) is 3.18. The third-order valence-electron chi connectivity index (χ3n) is 2.94. The molecule has 0 aliphatic carbocycles. The van der Waals surface area contributed by atoms with Gasteiger partial charge in [-0.05, 0) is 31.2 Å². The summed E-state index contributed by atoms with van der Waals surface area (Å²) in [7, 11) is 0. The van der Waals surface area contributed by atoms with E-state index in [1.165, 1.54) is 12.3 Å². The van der Waals surface area contributed by atoms with Crippen molar-refractivity contribution in [2.75, 3.05) is 0 Å². The number of ether oxygens (including phenoxy) is 1. The van der Waals surface area contributed by atoms with Gasteiger partial charge in [0.05, 0.1) is 0 Å². The van der Waals surface area contributed by atoms with Crippen molar-refractivity contribution in [3.8, 4) is 17.1 Å². The number of rotatable bonds is 4. The molecule has 7 heteroatoms. The summed E-state index contributed by atoms with van der Waals surface area (Å²) in [6.45, 7) is 1.80. The Morgan fingerprint density at radius 1 is 1.32 bits per heavy atom. The maximum absolute atomic E-state index is 11.0. The van der Waals surface area contributed by atoms with Crippen LogP contribution in [0.2, 0.25) is 5.02 Å². The molecule has 0 aliphatic heterocycles. The van der Waals surface area contributed by atoms with Crippen LogP contribution in [0, 0.1) is 0 Å². The Morgan fingerprint density at radius 2 is 2.18 bits per heavy atom. The van der Waals surface area contributed by atoms with Crippen LogP contribution in [0.15, 0.2) is 51.9 Å². The highest BCUT2D eigenvalue weighted by Gasteiger charge is 2.17. The Balaban J connectivity index is 1.78. The van der Waals surface area contributed by atoms with Crippen molar-refractivity contribution in [1.29, 1.82) is 0 Å². The van der Waals surface area contributed by atoms with Gasteiger partial charge >= 0.3 is 0 Å². The number of halogens is 1. The van der Waals surface area contributed by atoms with Crippen molar-refractivity contribution < 1.29 is 9.26 Å². The van der Waals surface area contributed by atoms with E-state index in [0.717, 1.165) is 0 Å². The zero-order valence-electron chi connectivity index (χ0n) is 11.6. The Bertz CT molecular complexity index is 823. The van der Waals surface area contributed by atoms with Crippen molar-refractivity contribution >= 4 is 11.6 Å². The summed E-state index contributed by atoms with van der Waals surface area (Å²) in [5, 5.41) is 4.47. The van der Waals surface area contributed by atoms with Crippen LogP contribution in [-0.2, 0) is 0 Å². The van der Waals surface area contributed by atoms with E-state index in [-0.39, 0.29) is 5.56 Å². The second-order valence-electron chi connectivity index (χ2n) is 4.62. The number of hydrogen-bond acceptors (Lipinski definition) is 5. The maximum Gasteiger partial charge on any atom is 0.267 e. The third kappa shape index (κ3) is 3.17. The van der Waals surface area contributed by atoms with Crippen molar-refractivity contribution in [2.45, 2.75) is 13.0 Å². The molecule has 3 aromatic rings. The van der Waals surface area contributed by atoms with E-state index in [1.807, 2.05) is 0 Å². The molecule has 1 aromatic carbocycles. The van der Waals surface area contributed by atoms with E-state index in [2.05, 4.69) is 15.1 Å². The quantitative estimate of drug-likeness (QED) is 0.799. The molecule has 0 radical (unpaired) electrons. The van der Waals surface area contributed by atoms with Gasteiger partial charge in [0.1, 0.15) is 5.75 Å². The van der Waals surface area contributed by atoms with Crippen LogP contribution < -0.4 is 10.3 Å². The molecule has 22 heavy (non-hydrogen) atoms. The molecule has 0 unspecified atom stereocenters. The van der Waals surface area contributed by atoms with Gasteiger partial charge in [-0.3, -0.25) is 4.79 Å². The van der Waals surface area contributed by atoms with Gasteiger partial charge in [-0.25, -0.2) is 0 Å². The van der Waals surface area contributed by atoms with Gasteiger partial charge in [0.2, 0.25) is 11.4 Å². The molecule has 0 aliphatic rings. The van der Waals surface area contributed by atoms with Crippen molar-refractivity contribution in [2.24, 2.45) is 0 Å². The summed E-state index contributed by atoms with van der Waals surface area (Å²) in [6, 6.07) is 10.1. The molecule has 0 fully saturated rings. The lowest BCUT2D eigenvalue weighted by molar-refractivity contribution is 0.176. The highest BCUT2D eigenvalue weighted by atomic mass is 35.5. The van der Waals surface area contributed by atoms with Gasteiger partial charge in [0.15, 0.2) is 6.10 Å². The van der Waals surface area contributed by atoms with Crippen LogP contribution in [0.4, 0.5) is 0 Å². The lowest BCUT2D eigenvalue weighted by Crippen LogP contribution is -2.04. The summed E-state index contributed by atoms with van der Waals surface area (Å²) in [5.41, 5.74) is 0.467. The summed E-state index contributed by atoms with van der Waals surface area (Å²) in [4.78, 5) is 17.9. The molecule has 3 rings (SSSR count). The average molecular weight is 318 g/mol. The van der Waals surface area contributed by atoms with Crippen molar-refractivity contribution in [3.05, 3.63) is 63.9 Å². The zero-order chi connectivity index (χ0) is 15.5. The summed E-state index contributed by atoms with van der Waals surface area (Å²) >= 11 is 5.91. The van der Waals surface area contributed by atoms with Crippen LogP contribution in [0.25, 0.3) is 11.4 Å². The van der Waals surface area contributed by atoms with Gasteiger partial charge in [-0.15, -0.1) is 0 Å². The minimum atomic E-state index is -0.428. The Labute approximate surface area is 130 Å². The molecule has 0 saturated carbocycles. The van der Waals surface area contributed by atoms with Gasteiger partial charge in [-0.1, -0.05) is 22.8 Å². The molecule has 1 atom stereocenters. The first kappa shape index (κ1) is 14.3. The Kier molecular flexibility index (Phi) is 3.93. The maximum atomic E-state index is 11.0. The largest absolute Gasteiger partial charge is 0.481 e. The second-order valence-corrected chi connectivity index (χ2v) is 5.05. The lowest BCUT2D eigenvalue weighted by Gasteiger charge is -2.10. The molecule has 6 nitrogen and oxygen atoms in total. The van der Waals surface area contributed by atoms with Crippen molar-refractivity contribution in [1.82, 2.24) is 15.1 Å². The fourth-order valence-corrected chi connectivity index (χ4v) is 2.04. The monoisotopic (exact) mass is 317 g/mol. The van der Waals surface area contributed by atoms with E-state index in [9.17, 15) is 4.79 Å². The summed E-state index contributed by atoms with van der Waals surface area (Å²) in [6.07, 6.45) is 1.10. The molecule has 2 heterocycles. The first-order chi connectivity index (χ1) is 10.6. The summed E-state index contributed by atoms with van der Waals surface area (Å²) in [5.74, 6) is 1.33. The number of pyridine rings is 1. The van der Waals surface area contributed by atoms with E-state index in [0.29, 0.717) is 28.1 Å². The lowest BCUT2D eigenvalue weighted by atomic mass is 10.3. The van der Waals surface area contributed by atoms with E-state index in [4.69, 9.17) is 20.9 Å². The molecule has 0 spiro atoms. The number of nitrogens with zero attached hydrogens (tertiary/aromatic N) is 2. The van der Waals surface area contributed by atoms with Crippen molar-refractivity contribution in [3.63, 3.8) is 0 Å². The molecule has 0 bridgehead atoms. The molecule has 112 valence electrons. The average Bonchev–Trinajstić information content (AvgIpc) is 2.98. The number of hydrogen-bond donors (Lipinski definition) is 1. The number of aromatic nitrogens is 3. The van der Waals surface area contributed by atoms with E-state index in [1.54, 1.807) is 37.3 Å².